The highest BCUT2D eigenvalue weighted by molar-refractivity contribution is 5.85. The molecule has 1 atom stereocenters. The van der Waals surface area contributed by atoms with Crippen molar-refractivity contribution in [1.82, 2.24) is 4.98 Å². The van der Waals surface area contributed by atoms with Gasteiger partial charge in [0.25, 0.3) is 0 Å². The van der Waals surface area contributed by atoms with Gasteiger partial charge in [-0.15, -0.1) is 0 Å². The Morgan fingerprint density at radius 3 is 2.71 bits per heavy atom. The van der Waals surface area contributed by atoms with E-state index in [-0.39, 0.29) is 0 Å². The molecule has 0 saturated carbocycles. The van der Waals surface area contributed by atoms with E-state index in [1.807, 2.05) is 6.07 Å². The lowest BCUT2D eigenvalue weighted by Gasteiger charge is -2.06. The van der Waals surface area contributed by atoms with Crippen molar-refractivity contribution >= 4 is 22.8 Å². The molecule has 2 aromatic rings. The van der Waals surface area contributed by atoms with E-state index in [1.54, 1.807) is 31.2 Å². The first-order valence-corrected chi connectivity index (χ1v) is 6.09. The molecule has 0 amide bonds. The van der Waals surface area contributed by atoms with Gasteiger partial charge in [0.2, 0.25) is 0 Å². The predicted octanol–water partition coefficient (Wildman–Crippen LogP) is 2.10. The number of nitrogens with zero attached hydrogens (tertiary/aromatic N) is 1. The number of rotatable bonds is 4. The average molecular weight is 288 g/mol. The third-order valence-electron chi connectivity index (χ3n) is 2.86. The molecule has 0 bridgehead atoms. The number of benzene rings is 1. The fourth-order valence-electron chi connectivity index (χ4n) is 1.76. The predicted molar refractivity (Wildman–Crippen MR) is 70.4 cm³/mol. The maximum Gasteiger partial charge on any atom is 0.355 e. The highest BCUT2D eigenvalue weighted by Crippen LogP contribution is 2.23. The van der Waals surface area contributed by atoms with Crippen molar-refractivity contribution < 1.29 is 24.4 Å². The van der Waals surface area contributed by atoms with E-state index in [4.69, 9.17) is 5.26 Å². The minimum Gasteiger partial charge on any atom is -0.358 e. The number of carbonyl (C=O) groups excluding carboxylic acids is 2. The quantitative estimate of drug-likeness (QED) is 0.682. The number of fused-ring (bicyclic) bond motifs is 1. The maximum absolute atomic E-state index is 11.7. The van der Waals surface area contributed by atoms with Crippen molar-refractivity contribution in [2.75, 3.05) is 0 Å². The zero-order valence-electron chi connectivity index (χ0n) is 11.4. The second kappa shape index (κ2) is 6.07. The second-order valence-corrected chi connectivity index (χ2v) is 4.41. The molecular formula is C14H12N2O5. The summed E-state index contributed by atoms with van der Waals surface area (Å²) in [6, 6.07) is 8.93. The van der Waals surface area contributed by atoms with E-state index in [0.717, 1.165) is 17.8 Å². The molecule has 0 aliphatic heterocycles. The topological polar surface area (TPSA) is 101 Å². The number of nitriles is 1. The van der Waals surface area contributed by atoms with Gasteiger partial charge in [0.15, 0.2) is 0 Å². The number of aromatic amines is 1. The van der Waals surface area contributed by atoms with Crippen LogP contribution in [0.2, 0.25) is 0 Å². The number of aromatic nitrogens is 1. The minimum atomic E-state index is -0.731. The Morgan fingerprint density at radius 2 is 2.05 bits per heavy atom. The molecule has 1 heterocycles. The van der Waals surface area contributed by atoms with Crippen LogP contribution in [0, 0.1) is 11.3 Å². The SMILES string of the molecule is CC(=O)OOOC(=O)C(C)c1cc2cc(C#N)ccc2[nH]1. The van der Waals surface area contributed by atoms with Crippen molar-refractivity contribution in [2.45, 2.75) is 19.8 Å². The van der Waals surface area contributed by atoms with Gasteiger partial charge in [-0.2, -0.15) is 5.26 Å². The molecule has 108 valence electrons. The molecule has 0 aliphatic carbocycles. The van der Waals surface area contributed by atoms with Gasteiger partial charge in [0.1, 0.15) is 0 Å². The molecule has 2 rings (SSSR count). The fourth-order valence-corrected chi connectivity index (χ4v) is 1.76. The van der Waals surface area contributed by atoms with Gasteiger partial charge in [0, 0.05) is 28.6 Å². The lowest BCUT2D eigenvalue weighted by atomic mass is 10.1. The summed E-state index contributed by atoms with van der Waals surface area (Å²) in [6.45, 7) is 2.72. The van der Waals surface area contributed by atoms with Gasteiger partial charge in [-0.25, -0.2) is 9.59 Å². The van der Waals surface area contributed by atoms with Crippen molar-refractivity contribution in [3.05, 3.63) is 35.5 Å². The lowest BCUT2D eigenvalue weighted by Crippen LogP contribution is -2.15. The van der Waals surface area contributed by atoms with E-state index in [9.17, 15) is 9.59 Å². The standard InChI is InChI=1S/C14H12N2O5/c1-8(14(18)20-21-19-9(2)17)13-6-11-5-10(7-15)3-4-12(11)16-13/h3-6,8,16H,1-2H3. The van der Waals surface area contributed by atoms with Crippen LogP contribution in [-0.4, -0.2) is 16.9 Å². The number of hydrogen-bond acceptors (Lipinski definition) is 6. The van der Waals surface area contributed by atoms with Crippen LogP contribution in [-0.2, 0) is 24.4 Å². The largest absolute Gasteiger partial charge is 0.358 e. The Balaban J connectivity index is 2.12. The van der Waals surface area contributed by atoms with E-state index in [0.29, 0.717) is 11.3 Å². The van der Waals surface area contributed by atoms with Crippen LogP contribution in [0.25, 0.3) is 10.9 Å². The van der Waals surface area contributed by atoms with E-state index in [1.165, 1.54) is 0 Å². The summed E-state index contributed by atoms with van der Waals surface area (Å²) in [5.74, 6) is -2.10. The summed E-state index contributed by atoms with van der Waals surface area (Å²) in [5, 5.41) is 13.7. The highest BCUT2D eigenvalue weighted by atomic mass is 17.5. The summed E-state index contributed by atoms with van der Waals surface area (Å²) in [5.41, 5.74) is 1.92. The summed E-state index contributed by atoms with van der Waals surface area (Å²) in [7, 11) is 0. The molecule has 0 radical (unpaired) electrons. The van der Waals surface area contributed by atoms with Crippen molar-refractivity contribution in [3.8, 4) is 6.07 Å². The monoisotopic (exact) mass is 288 g/mol. The molecule has 0 saturated heterocycles. The molecule has 0 aliphatic rings. The van der Waals surface area contributed by atoms with Crippen LogP contribution < -0.4 is 0 Å². The molecule has 7 nitrogen and oxygen atoms in total. The van der Waals surface area contributed by atoms with Crippen LogP contribution in [0.1, 0.15) is 31.0 Å². The first kappa shape index (κ1) is 14.6. The molecular weight excluding hydrogens is 276 g/mol. The van der Waals surface area contributed by atoms with Gasteiger partial charge in [-0.05, 0) is 31.2 Å². The van der Waals surface area contributed by atoms with E-state index >= 15 is 0 Å². The minimum absolute atomic E-state index is 0.529. The third kappa shape index (κ3) is 3.38. The van der Waals surface area contributed by atoms with Gasteiger partial charge < -0.3 is 4.98 Å². The summed E-state index contributed by atoms with van der Waals surface area (Å²) < 4.78 is 0. The lowest BCUT2D eigenvalue weighted by molar-refractivity contribution is -0.459. The molecule has 1 unspecified atom stereocenters. The van der Waals surface area contributed by atoms with Gasteiger partial charge in [-0.3, -0.25) is 9.78 Å². The van der Waals surface area contributed by atoms with Crippen LogP contribution in [0.15, 0.2) is 24.3 Å². The Kier molecular flexibility index (Phi) is 4.21. The third-order valence-corrected chi connectivity index (χ3v) is 2.86. The number of hydrogen-bond donors (Lipinski definition) is 1. The fraction of sp³-hybridized carbons (Fsp3) is 0.214. The number of carbonyl (C=O) groups is 2. The zero-order chi connectivity index (χ0) is 15.4. The van der Waals surface area contributed by atoms with Gasteiger partial charge in [0.05, 0.1) is 17.6 Å². The Morgan fingerprint density at radius 1 is 1.29 bits per heavy atom. The average Bonchev–Trinajstić information content (AvgIpc) is 2.88. The summed E-state index contributed by atoms with van der Waals surface area (Å²) in [6.07, 6.45) is 0. The van der Waals surface area contributed by atoms with Gasteiger partial charge >= 0.3 is 11.9 Å². The normalized spacial score (nSPS) is 11.7. The Labute approximate surface area is 119 Å². The molecule has 21 heavy (non-hydrogen) atoms. The second-order valence-electron chi connectivity index (χ2n) is 4.41. The Bertz CT molecular complexity index is 729. The van der Waals surface area contributed by atoms with Crippen molar-refractivity contribution in [2.24, 2.45) is 0 Å². The Hall–Kier alpha value is -2.85. The molecule has 1 aromatic carbocycles. The smallest absolute Gasteiger partial charge is 0.355 e. The van der Waals surface area contributed by atoms with Crippen molar-refractivity contribution in [1.29, 1.82) is 5.26 Å². The maximum atomic E-state index is 11.7. The summed E-state index contributed by atoms with van der Waals surface area (Å²) in [4.78, 5) is 33.7. The van der Waals surface area contributed by atoms with Gasteiger partial charge in [-0.1, -0.05) is 0 Å². The first-order valence-electron chi connectivity index (χ1n) is 6.09. The van der Waals surface area contributed by atoms with Crippen LogP contribution >= 0.6 is 0 Å². The summed E-state index contributed by atoms with van der Waals surface area (Å²) >= 11 is 0. The van der Waals surface area contributed by atoms with E-state index in [2.05, 4.69) is 19.8 Å². The molecule has 1 aromatic heterocycles. The molecule has 0 spiro atoms. The molecule has 7 heteroatoms. The number of nitrogens with one attached hydrogen (secondary N) is 1. The highest BCUT2D eigenvalue weighted by Gasteiger charge is 2.21. The molecule has 1 N–H and O–H groups in total. The van der Waals surface area contributed by atoms with E-state index < -0.39 is 17.9 Å². The molecule has 0 fully saturated rings. The van der Waals surface area contributed by atoms with Crippen molar-refractivity contribution in [3.63, 3.8) is 0 Å². The zero-order valence-corrected chi connectivity index (χ0v) is 11.4. The first-order chi connectivity index (χ1) is 10.0. The van der Waals surface area contributed by atoms with Crippen LogP contribution in [0.4, 0.5) is 0 Å². The number of H-pyrrole nitrogens is 1. The van der Waals surface area contributed by atoms with Crippen LogP contribution in [0.3, 0.4) is 0 Å². The van der Waals surface area contributed by atoms with Crippen LogP contribution in [0.5, 0.6) is 0 Å².